The first-order valence-electron chi connectivity index (χ1n) is 4.49. The lowest BCUT2D eigenvalue weighted by Gasteiger charge is -1.93. The van der Waals surface area contributed by atoms with Gasteiger partial charge in [0.2, 0.25) is 0 Å². The molecule has 0 atom stereocenters. The van der Waals surface area contributed by atoms with Crippen LogP contribution in [-0.2, 0) is 6.42 Å². The fourth-order valence-corrected chi connectivity index (χ4v) is 1.07. The maximum atomic E-state index is 5.13. The zero-order valence-electron chi connectivity index (χ0n) is 7.98. The summed E-state index contributed by atoms with van der Waals surface area (Å²) < 4.78 is 0. The number of rotatable bonds is 4. The van der Waals surface area contributed by atoms with E-state index in [1.54, 1.807) is 0 Å². The van der Waals surface area contributed by atoms with E-state index in [2.05, 4.69) is 22.3 Å². The molecule has 0 heterocycles. The molecule has 4 nitrogen and oxygen atoms in total. The van der Waals surface area contributed by atoms with Crippen molar-refractivity contribution in [3.63, 3.8) is 0 Å². The first kappa shape index (κ1) is 10.2. The molecule has 4 heteroatoms. The molecule has 0 aliphatic rings. The van der Waals surface area contributed by atoms with Crippen molar-refractivity contribution in [2.24, 2.45) is 16.6 Å². The summed E-state index contributed by atoms with van der Waals surface area (Å²) in [4.78, 5) is 0. The lowest BCUT2D eigenvalue weighted by molar-refractivity contribution is -0.458. The maximum absolute atomic E-state index is 5.13. The lowest BCUT2D eigenvalue weighted by Crippen LogP contribution is -2.63. The molecule has 0 bridgehead atoms. The lowest BCUT2D eigenvalue weighted by atomic mass is 10.1. The van der Waals surface area contributed by atoms with Crippen LogP contribution in [0.5, 0.6) is 0 Å². The van der Waals surface area contributed by atoms with Gasteiger partial charge in [0.15, 0.2) is 6.21 Å². The molecular weight excluding hydrogens is 176 g/mol. The van der Waals surface area contributed by atoms with Crippen molar-refractivity contribution in [1.29, 1.82) is 0 Å². The smallest absolute Gasteiger partial charge is 0.256 e. The van der Waals surface area contributed by atoms with E-state index in [0.29, 0.717) is 0 Å². The first-order valence-corrected chi connectivity index (χ1v) is 4.49. The Hall–Kier alpha value is -1.84. The normalized spacial score (nSPS) is 10.3. The summed E-state index contributed by atoms with van der Waals surface area (Å²) in [6, 6.07) is 10.2. The van der Waals surface area contributed by atoms with Crippen LogP contribution < -0.4 is 16.6 Å². The van der Waals surface area contributed by atoms with Crippen LogP contribution in [0.1, 0.15) is 12.0 Å². The number of nitrogens with zero attached hydrogens (tertiary/aromatic N) is 1. The predicted octanol–water partition coefficient (Wildman–Crippen LogP) is -1.04. The van der Waals surface area contributed by atoms with E-state index in [4.69, 9.17) is 11.5 Å². The molecule has 0 amide bonds. The van der Waals surface area contributed by atoms with Crippen LogP contribution in [0.3, 0.4) is 0 Å². The molecular formula is C10H15N4+. The third-order valence-corrected chi connectivity index (χ3v) is 1.71. The number of hydrazone groups is 1. The molecule has 0 radical (unpaired) electrons. The third kappa shape index (κ3) is 4.25. The topological polar surface area (TPSA) is 78.4 Å². The Morgan fingerprint density at radius 1 is 1.29 bits per heavy atom. The Balaban J connectivity index is 2.29. The second-order valence-electron chi connectivity index (χ2n) is 2.89. The molecule has 0 aliphatic carbocycles. The predicted molar refractivity (Wildman–Crippen MR) is 57.6 cm³/mol. The van der Waals surface area contributed by atoms with Gasteiger partial charge in [0, 0.05) is 11.5 Å². The van der Waals surface area contributed by atoms with Gasteiger partial charge in [-0.25, -0.2) is 0 Å². The summed E-state index contributed by atoms with van der Waals surface area (Å²) in [5.74, 6) is 0.0426. The fourth-order valence-electron chi connectivity index (χ4n) is 1.07. The molecule has 0 saturated carbocycles. The number of nitrogens with two attached hydrogens (primary N) is 2. The maximum Gasteiger partial charge on any atom is 0.256 e. The van der Waals surface area contributed by atoms with Crippen LogP contribution in [0, 0.1) is 0 Å². The number of guanidine groups is 1. The van der Waals surface area contributed by atoms with E-state index in [1.807, 2.05) is 24.4 Å². The molecule has 0 spiro atoms. The van der Waals surface area contributed by atoms with Gasteiger partial charge in [-0.15, -0.1) is 5.10 Å². The Morgan fingerprint density at radius 2 is 2.00 bits per heavy atom. The van der Waals surface area contributed by atoms with Gasteiger partial charge in [-0.1, -0.05) is 30.3 Å². The highest BCUT2D eigenvalue weighted by molar-refractivity contribution is 5.74. The molecule has 5 N–H and O–H groups in total. The second kappa shape index (κ2) is 5.75. The molecule has 0 saturated heterocycles. The van der Waals surface area contributed by atoms with E-state index < -0.39 is 0 Å². The summed E-state index contributed by atoms with van der Waals surface area (Å²) >= 11 is 0. The Kier molecular flexibility index (Phi) is 4.20. The molecule has 1 aromatic rings. The van der Waals surface area contributed by atoms with Crippen molar-refractivity contribution < 1.29 is 5.10 Å². The summed E-state index contributed by atoms with van der Waals surface area (Å²) in [7, 11) is 0. The minimum atomic E-state index is 0.0426. The van der Waals surface area contributed by atoms with E-state index in [0.717, 1.165) is 12.8 Å². The molecule has 0 aromatic heterocycles. The Labute approximate surface area is 83.3 Å². The zero-order valence-corrected chi connectivity index (χ0v) is 7.98. The highest BCUT2D eigenvalue weighted by Crippen LogP contribution is 1.99. The van der Waals surface area contributed by atoms with Crippen molar-refractivity contribution in [2.75, 3.05) is 0 Å². The SMILES string of the molecule is NC(N)=N[NH+]=CCCc1ccccc1. The van der Waals surface area contributed by atoms with Gasteiger partial charge in [0.25, 0.3) is 5.96 Å². The largest absolute Gasteiger partial charge is 0.365 e. The van der Waals surface area contributed by atoms with Gasteiger partial charge < -0.3 is 11.5 Å². The fraction of sp³-hybridized carbons (Fsp3) is 0.200. The van der Waals surface area contributed by atoms with E-state index in [-0.39, 0.29) is 5.96 Å². The van der Waals surface area contributed by atoms with Crippen LogP contribution >= 0.6 is 0 Å². The van der Waals surface area contributed by atoms with Crippen LogP contribution in [-0.4, -0.2) is 12.2 Å². The number of hydrogen-bond acceptors (Lipinski definition) is 1. The van der Waals surface area contributed by atoms with E-state index >= 15 is 0 Å². The minimum absolute atomic E-state index is 0.0426. The van der Waals surface area contributed by atoms with Crippen molar-refractivity contribution in [1.82, 2.24) is 0 Å². The number of benzene rings is 1. The molecule has 14 heavy (non-hydrogen) atoms. The van der Waals surface area contributed by atoms with Crippen molar-refractivity contribution in [3.8, 4) is 0 Å². The first-order chi connectivity index (χ1) is 6.79. The Morgan fingerprint density at radius 3 is 2.64 bits per heavy atom. The standard InChI is InChI=1S/C10H14N4/c11-10(12)14-13-8-4-7-9-5-2-1-3-6-9/h1-3,5-6,8H,4,7H2,(H4,11,12,14)/p+1. The minimum Gasteiger partial charge on any atom is -0.365 e. The monoisotopic (exact) mass is 191 g/mol. The van der Waals surface area contributed by atoms with Gasteiger partial charge in [0.05, 0.1) is 0 Å². The Bertz CT molecular complexity index is 312. The summed E-state index contributed by atoms with van der Waals surface area (Å²) in [5.41, 5.74) is 11.6. The van der Waals surface area contributed by atoms with Gasteiger partial charge in [0.1, 0.15) is 0 Å². The third-order valence-electron chi connectivity index (χ3n) is 1.71. The van der Waals surface area contributed by atoms with Crippen molar-refractivity contribution in [2.45, 2.75) is 12.8 Å². The zero-order chi connectivity index (χ0) is 10.2. The van der Waals surface area contributed by atoms with Crippen LogP contribution in [0.25, 0.3) is 0 Å². The second-order valence-corrected chi connectivity index (χ2v) is 2.89. The van der Waals surface area contributed by atoms with Gasteiger partial charge in [-0.2, -0.15) is 0 Å². The average molecular weight is 191 g/mol. The van der Waals surface area contributed by atoms with E-state index in [9.17, 15) is 0 Å². The average Bonchev–Trinajstić information content (AvgIpc) is 2.18. The molecule has 74 valence electrons. The summed E-state index contributed by atoms with van der Waals surface area (Å²) in [6.45, 7) is 0. The van der Waals surface area contributed by atoms with Gasteiger partial charge in [-0.3, -0.25) is 0 Å². The van der Waals surface area contributed by atoms with Gasteiger partial charge >= 0.3 is 0 Å². The van der Waals surface area contributed by atoms with Crippen molar-refractivity contribution in [3.05, 3.63) is 35.9 Å². The van der Waals surface area contributed by atoms with Crippen LogP contribution in [0.15, 0.2) is 35.4 Å². The quantitative estimate of drug-likeness (QED) is 0.323. The molecule has 0 fully saturated rings. The number of nitrogens with one attached hydrogen (secondary N) is 1. The summed E-state index contributed by atoms with van der Waals surface area (Å²) in [5, 5.41) is 6.29. The highest BCUT2D eigenvalue weighted by atomic mass is 15.3. The molecule has 0 aliphatic heterocycles. The number of hydrogen-bond donors (Lipinski definition) is 3. The molecule has 1 rings (SSSR count). The van der Waals surface area contributed by atoms with E-state index in [1.165, 1.54) is 5.56 Å². The van der Waals surface area contributed by atoms with Crippen LogP contribution in [0.2, 0.25) is 0 Å². The van der Waals surface area contributed by atoms with Crippen molar-refractivity contribution >= 4 is 12.2 Å². The van der Waals surface area contributed by atoms with Crippen LogP contribution in [0.4, 0.5) is 0 Å². The van der Waals surface area contributed by atoms with Gasteiger partial charge in [-0.05, 0) is 12.0 Å². The number of aryl methyl sites for hydroxylation is 1. The molecule has 1 aromatic carbocycles. The highest BCUT2D eigenvalue weighted by Gasteiger charge is 1.90. The summed E-state index contributed by atoms with van der Waals surface area (Å²) in [6.07, 6.45) is 3.70. The molecule has 0 unspecified atom stereocenters.